The first-order valence-electron chi connectivity index (χ1n) is 3.88. The first kappa shape index (κ1) is 11.8. The second-order valence-corrected chi connectivity index (χ2v) is 4.66. The highest BCUT2D eigenvalue weighted by molar-refractivity contribution is 7.92. The van der Waals surface area contributed by atoms with Crippen LogP contribution in [0.2, 0.25) is 0 Å². The van der Waals surface area contributed by atoms with Crippen LogP contribution in [0, 0.1) is 0 Å². The molecular formula is C8H8F3NO2S. The zero-order valence-electron chi connectivity index (χ0n) is 7.67. The highest BCUT2D eigenvalue weighted by Crippen LogP contribution is 2.30. The van der Waals surface area contributed by atoms with Crippen LogP contribution in [0.5, 0.6) is 0 Å². The van der Waals surface area contributed by atoms with Crippen molar-refractivity contribution in [2.75, 3.05) is 12.4 Å². The average Bonchev–Trinajstić information content (AvgIpc) is 2.16. The Kier molecular flexibility index (Phi) is 2.94. The lowest BCUT2D eigenvalue weighted by atomic mass is 10.3. The molecule has 0 saturated heterocycles. The molecule has 0 bridgehead atoms. The molecule has 1 rings (SSSR count). The van der Waals surface area contributed by atoms with Gasteiger partial charge in [0.1, 0.15) is 0 Å². The van der Waals surface area contributed by atoms with Gasteiger partial charge in [-0.3, -0.25) is 0 Å². The number of rotatable bonds is 2. The fraction of sp³-hybridized carbons (Fsp3) is 0.250. The highest BCUT2D eigenvalue weighted by Gasteiger charge is 2.46. The normalized spacial score (nSPS) is 12.5. The van der Waals surface area contributed by atoms with E-state index in [1.807, 2.05) is 0 Å². The maximum absolute atomic E-state index is 12.1. The predicted molar refractivity (Wildman–Crippen MR) is 49.2 cm³/mol. The molecule has 0 atom stereocenters. The summed E-state index contributed by atoms with van der Waals surface area (Å²) in [7, 11) is -3.65. The molecule has 0 fully saturated rings. The minimum Gasteiger partial charge on any atom is -0.388 e. The monoisotopic (exact) mass is 239 g/mol. The Morgan fingerprint density at radius 3 is 1.93 bits per heavy atom. The molecule has 1 aromatic rings. The van der Waals surface area contributed by atoms with Gasteiger partial charge in [0.05, 0.1) is 4.90 Å². The molecule has 1 aromatic carbocycles. The molecular weight excluding hydrogens is 231 g/mol. The summed E-state index contributed by atoms with van der Waals surface area (Å²) in [5.41, 5.74) is -4.72. The Morgan fingerprint density at radius 1 is 1.13 bits per heavy atom. The SMILES string of the molecule is CNc1ccc(S(=O)(=O)C(F)(F)F)cc1. The summed E-state index contributed by atoms with van der Waals surface area (Å²) in [6, 6.07) is 4.35. The highest BCUT2D eigenvalue weighted by atomic mass is 32.2. The standard InChI is InChI=1S/C8H8F3NO2S/c1-12-6-2-4-7(5-3-6)15(13,14)8(9,10)11/h2-5,12H,1H3. The number of hydrogen-bond donors (Lipinski definition) is 1. The van der Waals surface area contributed by atoms with E-state index in [9.17, 15) is 21.6 Å². The number of sulfone groups is 1. The van der Waals surface area contributed by atoms with Gasteiger partial charge in [-0.25, -0.2) is 8.42 Å². The number of anilines is 1. The van der Waals surface area contributed by atoms with Gasteiger partial charge in [-0.15, -0.1) is 0 Å². The zero-order chi connectivity index (χ0) is 11.7. The van der Waals surface area contributed by atoms with Gasteiger partial charge in [0.25, 0.3) is 9.84 Å². The van der Waals surface area contributed by atoms with Crippen molar-refractivity contribution in [3.05, 3.63) is 24.3 Å². The average molecular weight is 239 g/mol. The van der Waals surface area contributed by atoms with E-state index in [1.54, 1.807) is 7.05 Å². The van der Waals surface area contributed by atoms with E-state index in [2.05, 4.69) is 5.32 Å². The lowest BCUT2D eigenvalue weighted by Crippen LogP contribution is -2.23. The number of alkyl halides is 3. The van der Waals surface area contributed by atoms with E-state index < -0.39 is 20.2 Å². The van der Waals surface area contributed by atoms with E-state index in [0.717, 1.165) is 12.1 Å². The first-order valence-corrected chi connectivity index (χ1v) is 5.36. The Labute approximate surface area is 84.8 Å². The smallest absolute Gasteiger partial charge is 0.388 e. The van der Waals surface area contributed by atoms with E-state index in [4.69, 9.17) is 0 Å². The number of hydrogen-bond acceptors (Lipinski definition) is 3. The van der Waals surface area contributed by atoms with Crippen molar-refractivity contribution in [2.24, 2.45) is 0 Å². The third-order valence-electron chi connectivity index (χ3n) is 1.76. The molecule has 7 heteroatoms. The van der Waals surface area contributed by atoms with Crippen molar-refractivity contribution in [2.45, 2.75) is 10.4 Å². The van der Waals surface area contributed by atoms with Gasteiger partial charge in [0, 0.05) is 12.7 Å². The second kappa shape index (κ2) is 3.73. The maximum atomic E-state index is 12.1. The Bertz CT molecular complexity index is 436. The van der Waals surface area contributed by atoms with Gasteiger partial charge in [0.15, 0.2) is 0 Å². The Hall–Kier alpha value is -1.24. The van der Waals surface area contributed by atoms with Crippen molar-refractivity contribution in [3.8, 4) is 0 Å². The zero-order valence-corrected chi connectivity index (χ0v) is 8.48. The molecule has 0 amide bonds. The molecule has 0 saturated carbocycles. The largest absolute Gasteiger partial charge is 0.501 e. The fourth-order valence-corrected chi connectivity index (χ4v) is 1.70. The van der Waals surface area contributed by atoms with Crippen LogP contribution >= 0.6 is 0 Å². The van der Waals surface area contributed by atoms with Gasteiger partial charge >= 0.3 is 5.51 Å². The summed E-state index contributed by atoms with van der Waals surface area (Å²) in [6.07, 6.45) is 0. The number of nitrogens with one attached hydrogen (secondary N) is 1. The van der Waals surface area contributed by atoms with Crippen LogP contribution in [-0.4, -0.2) is 21.0 Å². The van der Waals surface area contributed by atoms with Crippen molar-refractivity contribution in [3.63, 3.8) is 0 Å². The van der Waals surface area contributed by atoms with Crippen LogP contribution in [0.3, 0.4) is 0 Å². The third-order valence-corrected chi connectivity index (χ3v) is 3.26. The molecule has 15 heavy (non-hydrogen) atoms. The summed E-state index contributed by atoms with van der Waals surface area (Å²) < 4.78 is 58.1. The summed E-state index contributed by atoms with van der Waals surface area (Å²) in [5, 5.41) is 2.67. The summed E-state index contributed by atoms with van der Waals surface area (Å²) in [6.45, 7) is 0. The van der Waals surface area contributed by atoms with Gasteiger partial charge in [-0.05, 0) is 24.3 Å². The maximum Gasteiger partial charge on any atom is 0.501 e. The molecule has 0 spiro atoms. The molecule has 0 heterocycles. The van der Waals surface area contributed by atoms with E-state index >= 15 is 0 Å². The van der Waals surface area contributed by atoms with Gasteiger partial charge < -0.3 is 5.32 Å². The number of halogens is 3. The molecule has 0 aliphatic rings. The predicted octanol–water partition coefficient (Wildman–Crippen LogP) is 2.02. The van der Waals surface area contributed by atoms with Gasteiger partial charge in [-0.1, -0.05) is 0 Å². The third kappa shape index (κ3) is 2.23. The molecule has 0 unspecified atom stereocenters. The lowest BCUT2D eigenvalue weighted by Gasteiger charge is -2.08. The topological polar surface area (TPSA) is 46.2 Å². The molecule has 0 aromatic heterocycles. The molecule has 84 valence electrons. The quantitative estimate of drug-likeness (QED) is 0.858. The van der Waals surface area contributed by atoms with E-state index in [-0.39, 0.29) is 0 Å². The van der Waals surface area contributed by atoms with Crippen molar-refractivity contribution in [1.82, 2.24) is 0 Å². The molecule has 0 aliphatic carbocycles. The van der Waals surface area contributed by atoms with Crippen LogP contribution in [-0.2, 0) is 9.84 Å². The summed E-state index contributed by atoms with van der Waals surface area (Å²) in [5.74, 6) is 0. The number of benzene rings is 1. The van der Waals surface area contributed by atoms with Crippen LogP contribution in [0.15, 0.2) is 29.2 Å². The molecule has 0 aliphatic heterocycles. The van der Waals surface area contributed by atoms with Crippen molar-refractivity contribution in [1.29, 1.82) is 0 Å². The molecule has 1 N–H and O–H groups in total. The summed E-state index contributed by atoms with van der Waals surface area (Å²) in [4.78, 5) is -0.756. The van der Waals surface area contributed by atoms with Crippen LogP contribution in [0.1, 0.15) is 0 Å². The van der Waals surface area contributed by atoms with Crippen LogP contribution in [0.4, 0.5) is 18.9 Å². The molecule has 3 nitrogen and oxygen atoms in total. The minimum absolute atomic E-state index is 0.538. The first-order chi connectivity index (χ1) is 6.79. The van der Waals surface area contributed by atoms with Gasteiger partial charge in [0.2, 0.25) is 0 Å². The second-order valence-electron chi connectivity index (χ2n) is 2.72. The van der Waals surface area contributed by atoms with Crippen molar-refractivity contribution >= 4 is 15.5 Å². The van der Waals surface area contributed by atoms with E-state index in [1.165, 1.54) is 12.1 Å². The lowest BCUT2D eigenvalue weighted by molar-refractivity contribution is -0.0436. The Morgan fingerprint density at radius 2 is 1.60 bits per heavy atom. The fourth-order valence-electron chi connectivity index (χ4n) is 0.934. The van der Waals surface area contributed by atoms with Crippen LogP contribution < -0.4 is 5.32 Å². The van der Waals surface area contributed by atoms with E-state index in [0.29, 0.717) is 5.69 Å². The van der Waals surface area contributed by atoms with Crippen LogP contribution in [0.25, 0.3) is 0 Å². The van der Waals surface area contributed by atoms with Gasteiger partial charge in [-0.2, -0.15) is 13.2 Å². The molecule has 0 radical (unpaired) electrons. The summed E-state index contributed by atoms with van der Waals surface area (Å²) >= 11 is 0. The van der Waals surface area contributed by atoms with Crippen molar-refractivity contribution < 1.29 is 21.6 Å². The minimum atomic E-state index is -5.26. The Balaban J connectivity index is 3.18.